The van der Waals surface area contributed by atoms with Crippen LogP contribution in [-0.4, -0.2) is 69.9 Å². The van der Waals surface area contributed by atoms with Crippen molar-refractivity contribution < 1.29 is 4.79 Å². The highest BCUT2D eigenvalue weighted by Crippen LogP contribution is 2.21. The summed E-state index contributed by atoms with van der Waals surface area (Å²) in [5, 5.41) is 6.42. The normalized spacial score (nSPS) is 21.4. The van der Waals surface area contributed by atoms with Crippen LogP contribution in [0.1, 0.15) is 17.7 Å². The number of fused-ring (bicyclic) bond motifs is 7. The third kappa shape index (κ3) is 5.71. The Morgan fingerprint density at radius 3 is 2.58 bits per heavy atom. The predicted octanol–water partition coefficient (Wildman–Crippen LogP) is 2.46. The summed E-state index contributed by atoms with van der Waals surface area (Å²) in [7, 11) is 0. The van der Waals surface area contributed by atoms with Crippen molar-refractivity contribution in [3.8, 4) is 11.3 Å². The van der Waals surface area contributed by atoms with Crippen LogP contribution in [0.25, 0.3) is 11.3 Å². The third-order valence-corrected chi connectivity index (χ3v) is 6.12. The predicted molar refractivity (Wildman–Crippen MR) is 128 cm³/mol. The van der Waals surface area contributed by atoms with E-state index in [4.69, 9.17) is 4.98 Å². The van der Waals surface area contributed by atoms with Gasteiger partial charge >= 0.3 is 0 Å². The van der Waals surface area contributed by atoms with E-state index in [-0.39, 0.29) is 5.91 Å². The van der Waals surface area contributed by atoms with Crippen molar-refractivity contribution in [3.63, 3.8) is 0 Å². The molecule has 170 valence electrons. The Morgan fingerprint density at radius 2 is 1.70 bits per heavy atom. The Kier molecular flexibility index (Phi) is 6.55. The molecule has 0 atom stereocenters. The molecular weight excluding hydrogens is 414 g/mol. The number of rotatable bonds is 0. The molecule has 3 aromatic rings. The summed E-state index contributed by atoms with van der Waals surface area (Å²) in [5.41, 5.74) is 5.06. The fraction of sp³-hybridized carbons (Fsp3) is 0.360. The minimum Gasteiger partial charge on any atom is -0.355 e. The van der Waals surface area contributed by atoms with Crippen LogP contribution in [-0.2, 0) is 17.8 Å². The van der Waals surface area contributed by atoms with E-state index in [1.807, 2.05) is 24.4 Å². The molecular formula is C25H29N7O. The van der Waals surface area contributed by atoms with E-state index in [0.29, 0.717) is 19.0 Å². The zero-order valence-electron chi connectivity index (χ0n) is 18.7. The van der Waals surface area contributed by atoms with E-state index in [2.05, 4.69) is 54.7 Å². The molecule has 8 nitrogen and oxygen atoms in total. The van der Waals surface area contributed by atoms with Crippen LogP contribution in [0.4, 0.5) is 11.6 Å². The van der Waals surface area contributed by atoms with Crippen LogP contribution in [0.15, 0.2) is 54.9 Å². The number of aryl methyl sites for hydroxylation is 1. The number of anilines is 2. The molecule has 3 aliphatic heterocycles. The molecule has 0 aliphatic carbocycles. The number of carbonyl (C=O) groups is 1. The maximum atomic E-state index is 12.4. The molecule has 1 saturated heterocycles. The first-order valence-electron chi connectivity index (χ1n) is 11.6. The average molecular weight is 444 g/mol. The molecule has 3 aliphatic rings. The minimum atomic E-state index is 0.100. The minimum absolute atomic E-state index is 0.100. The van der Waals surface area contributed by atoms with Crippen molar-refractivity contribution in [2.24, 2.45) is 0 Å². The van der Waals surface area contributed by atoms with Gasteiger partial charge in [0, 0.05) is 68.6 Å². The lowest BCUT2D eigenvalue weighted by molar-refractivity contribution is -0.122. The number of pyridine rings is 1. The summed E-state index contributed by atoms with van der Waals surface area (Å²) in [6.45, 7) is 5.73. The number of benzene rings is 1. The quantitative estimate of drug-likeness (QED) is 0.552. The SMILES string of the molecule is O=C1CN2CCN(CC2)Cc2cccc(c2)Nc2nccc(n2)-c2ccnc(c2)CCCN1. The van der Waals surface area contributed by atoms with E-state index in [0.717, 1.165) is 68.2 Å². The third-order valence-electron chi connectivity index (χ3n) is 6.12. The molecule has 1 fully saturated rings. The summed E-state index contributed by atoms with van der Waals surface area (Å²) >= 11 is 0. The first kappa shape index (κ1) is 21.5. The van der Waals surface area contributed by atoms with Gasteiger partial charge in [-0.05, 0) is 48.7 Å². The second-order valence-corrected chi connectivity index (χ2v) is 8.63. The molecule has 8 bridgehead atoms. The van der Waals surface area contributed by atoms with Gasteiger partial charge in [-0.25, -0.2) is 9.97 Å². The fourth-order valence-corrected chi connectivity index (χ4v) is 4.35. The molecule has 1 amide bonds. The zero-order valence-corrected chi connectivity index (χ0v) is 18.7. The summed E-state index contributed by atoms with van der Waals surface area (Å²) in [5.74, 6) is 0.675. The maximum Gasteiger partial charge on any atom is 0.234 e. The molecule has 1 aromatic carbocycles. The summed E-state index contributed by atoms with van der Waals surface area (Å²) in [6, 6.07) is 14.3. The second-order valence-electron chi connectivity index (χ2n) is 8.63. The number of aromatic nitrogens is 3. The lowest BCUT2D eigenvalue weighted by Crippen LogP contribution is -2.49. The fourth-order valence-electron chi connectivity index (χ4n) is 4.35. The number of piperazine rings is 1. The van der Waals surface area contributed by atoms with Crippen molar-refractivity contribution in [3.05, 3.63) is 66.1 Å². The van der Waals surface area contributed by atoms with Crippen molar-refractivity contribution in [2.45, 2.75) is 19.4 Å². The van der Waals surface area contributed by atoms with Crippen molar-refractivity contribution in [1.82, 2.24) is 30.1 Å². The van der Waals surface area contributed by atoms with Gasteiger partial charge in [0.25, 0.3) is 0 Å². The molecule has 0 radical (unpaired) electrons. The van der Waals surface area contributed by atoms with E-state index in [1.165, 1.54) is 5.56 Å². The van der Waals surface area contributed by atoms with E-state index in [9.17, 15) is 4.79 Å². The Labute approximate surface area is 194 Å². The van der Waals surface area contributed by atoms with Gasteiger partial charge < -0.3 is 10.6 Å². The maximum absolute atomic E-state index is 12.4. The van der Waals surface area contributed by atoms with Crippen molar-refractivity contribution in [1.29, 1.82) is 0 Å². The van der Waals surface area contributed by atoms with Gasteiger partial charge in [-0.3, -0.25) is 19.6 Å². The smallest absolute Gasteiger partial charge is 0.234 e. The van der Waals surface area contributed by atoms with Crippen LogP contribution in [0.2, 0.25) is 0 Å². The Bertz CT molecular complexity index is 1110. The van der Waals surface area contributed by atoms with Crippen LogP contribution >= 0.6 is 0 Å². The van der Waals surface area contributed by atoms with Crippen LogP contribution < -0.4 is 10.6 Å². The lowest BCUT2D eigenvalue weighted by atomic mass is 10.1. The topological polar surface area (TPSA) is 86.3 Å². The highest BCUT2D eigenvalue weighted by molar-refractivity contribution is 5.78. The number of amides is 1. The van der Waals surface area contributed by atoms with Gasteiger partial charge in [0.2, 0.25) is 11.9 Å². The van der Waals surface area contributed by atoms with Gasteiger partial charge in [0.15, 0.2) is 0 Å². The number of hydrogen-bond acceptors (Lipinski definition) is 7. The van der Waals surface area contributed by atoms with Crippen LogP contribution in [0.5, 0.6) is 0 Å². The highest BCUT2D eigenvalue weighted by Gasteiger charge is 2.19. The van der Waals surface area contributed by atoms with E-state index >= 15 is 0 Å². The molecule has 0 unspecified atom stereocenters. The van der Waals surface area contributed by atoms with E-state index < -0.39 is 0 Å². The Morgan fingerprint density at radius 1 is 0.879 bits per heavy atom. The molecule has 33 heavy (non-hydrogen) atoms. The van der Waals surface area contributed by atoms with Gasteiger partial charge in [-0.1, -0.05) is 12.1 Å². The standard InChI is InChI=1S/C25H29N7O/c33-24-18-32-13-11-31(12-14-32)17-19-3-1-4-22(15-19)29-25-28-10-7-23(30-25)20-6-9-26-21(16-20)5-2-8-27-24/h1,3-4,6-7,9-10,15-16H,2,5,8,11-14,17-18H2,(H,27,33)(H,28,29,30). The van der Waals surface area contributed by atoms with Crippen LogP contribution in [0, 0.1) is 0 Å². The number of nitrogens with zero attached hydrogens (tertiary/aromatic N) is 5. The zero-order chi connectivity index (χ0) is 22.5. The summed E-state index contributed by atoms with van der Waals surface area (Å²) in [6.07, 6.45) is 5.24. The summed E-state index contributed by atoms with van der Waals surface area (Å²) < 4.78 is 0. The summed E-state index contributed by atoms with van der Waals surface area (Å²) in [4.78, 5) is 30.7. The van der Waals surface area contributed by atoms with Gasteiger partial charge in [-0.15, -0.1) is 0 Å². The highest BCUT2D eigenvalue weighted by atomic mass is 16.2. The first-order chi connectivity index (χ1) is 16.2. The van der Waals surface area contributed by atoms with Crippen molar-refractivity contribution in [2.75, 3.05) is 44.6 Å². The molecule has 6 rings (SSSR count). The van der Waals surface area contributed by atoms with Crippen LogP contribution in [0.3, 0.4) is 0 Å². The van der Waals surface area contributed by atoms with E-state index in [1.54, 1.807) is 6.20 Å². The van der Waals surface area contributed by atoms with Gasteiger partial charge in [0.05, 0.1) is 12.2 Å². The molecule has 2 aromatic heterocycles. The molecule has 8 heteroatoms. The van der Waals surface area contributed by atoms with Gasteiger partial charge in [0.1, 0.15) is 0 Å². The number of nitrogens with one attached hydrogen (secondary N) is 2. The lowest BCUT2D eigenvalue weighted by Gasteiger charge is -2.34. The molecule has 0 saturated carbocycles. The molecule has 5 heterocycles. The first-order valence-corrected chi connectivity index (χ1v) is 11.6. The molecule has 0 spiro atoms. The monoisotopic (exact) mass is 443 g/mol. The second kappa shape index (κ2) is 10.1. The Balaban J connectivity index is 1.40. The van der Waals surface area contributed by atoms with Gasteiger partial charge in [-0.2, -0.15) is 0 Å². The largest absolute Gasteiger partial charge is 0.355 e. The number of hydrogen-bond donors (Lipinski definition) is 2. The molecule has 2 N–H and O–H groups in total. The average Bonchev–Trinajstić information content (AvgIpc) is 2.83. The number of carbonyl (C=O) groups excluding carboxylic acids is 1. The Hall–Kier alpha value is -3.36. The van der Waals surface area contributed by atoms with Crippen molar-refractivity contribution >= 4 is 17.5 Å².